The maximum Gasteiger partial charge on any atom is 0.387 e. The normalized spacial score (nSPS) is 19.4. The molecule has 0 radical (unpaired) electrons. The van der Waals surface area contributed by atoms with Crippen molar-refractivity contribution >= 4 is 17.7 Å². The molecule has 4 rings (SSSR count). The SMILES string of the molecule is CC(=O)N1C[C@H](c2ccc(OC(F)F)c(OCC3CC3)c2)C[C@@H]1Cc1cc(C(N)=O)cnc1C(N)=O. The lowest BCUT2D eigenvalue weighted by molar-refractivity contribution is -0.129. The number of nitrogens with zero attached hydrogens (tertiary/aromatic N) is 2. The Labute approximate surface area is 206 Å². The minimum Gasteiger partial charge on any atom is -0.489 e. The number of benzene rings is 1. The van der Waals surface area contributed by atoms with Crippen LogP contribution in [0.5, 0.6) is 11.5 Å². The van der Waals surface area contributed by atoms with E-state index in [0.29, 0.717) is 31.1 Å². The third-order valence-corrected chi connectivity index (χ3v) is 6.59. The number of alkyl halides is 2. The monoisotopic (exact) mass is 502 g/mol. The molecule has 1 saturated carbocycles. The lowest BCUT2D eigenvalue weighted by Crippen LogP contribution is -2.35. The van der Waals surface area contributed by atoms with Gasteiger partial charge in [-0.05, 0) is 60.9 Å². The molecule has 0 spiro atoms. The highest BCUT2D eigenvalue weighted by atomic mass is 19.3. The fraction of sp³-hybridized carbons (Fsp3) is 0.440. The summed E-state index contributed by atoms with van der Waals surface area (Å²) in [6.07, 6.45) is 4.04. The van der Waals surface area contributed by atoms with Gasteiger partial charge in [-0.3, -0.25) is 14.4 Å². The average molecular weight is 503 g/mol. The van der Waals surface area contributed by atoms with Gasteiger partial charge >= 0.3 is 6.61 Å². The van der Waals surface area contributed by atoms with Gasteiger partial charge < -0.3 is 25.8 Å². The summed E-state index contributed by atoms with van der Waals surface area (Å²) in [6, 6.07) is 6.00. The van der Waals surface area contributed by atoms with Gasteiger partial charge in [-0.2, -0.15) is 8.78 Å². The van der Waals surface area contributed by atoms with Crippen molar-refractivity contribution in [2.45, 2.75) is 51.2 Å². The number of ether oxygens (including phenoxy) is 2. The van der Waals surface area contributed by atoms with E-state index in [1.54, 1.807) is 17.0 Å². The maximum atomic E-state index is 12.9. The number of halogens is 2. The average Bonchev–Trinajstić information content (AvgIpc) is 3.55. The van der Waals surface area contributed by atoms with E-state index in [1.807, 2.05) is 0 Å². The number of hydrogen-bond donors (Lipinski definition) is 2. The summed E-state index contributed by atoms with van der Waals surface area (Å²) in [4.78, 5) is 41.7. The van der Waals surface area contributed by atoms with Gasteiger partial charge in [0.25, 0.3) is 5.91 Å². The molecule has 2 fully saturated rings. The number of carbonyl (C=O) groups is 3. The van der Waals surface area contributed by atoms with E-state index in [9.17, 15) is 23.2 Å². The lowest BCUT2D eigenvalue weighted by Gasteiger charge is -2.23. The Morgan fingerprint density at radius 3 is 2.50 bits per heavy atom. The zero-order valence-electron chi connectivity index (χ0n) is 19.8. The van der Waals surface area contributed by atoms with Gasteiger partial charge in [-0.1, -0.05) is 6.07 Å². The molecule has 1 aromatic carbocycles. The van der Waals surface area contributed by atoms with Crippen molar-refractivity contribution < 1.29 is 32.6 Å². The Morgan fingerprint density at radius 1 is 1.14 bits per heavy atom. The molecule has 1 aromatic heterocycles. The first-order chi connectivity index (χ1) is 17.1. The number of carbonyl (C=O) groups excluding carboxylic acids is 3. The van der Waals surface area contributed by atoms with Gasteiger partial charge in [-0.15, -0.1) is 0 Å². The number of aromatic nitrogens is 1. The first kappa shape index (κ1) is 25.3. The van der Waals surface area contributed by atoms with Crippen LogP contribution in [0.25, 0.3) is 0 Å². The van der Waals surface area contributed by atoms with Crippen molar-refractivity contribution in [3.63, 3.8) is 0 Å². The van der Waals surface area contributed by atoms with Crippen LogP contribution in [0.2, 0.25) is 0 Å². The van der Waals surface area contributed by atoms with Crippen LogP contribution < -0.4 is 20.9 Å². The first-order valence-corrected chi connectivity index (χ1v) is 11.7. The smallest absolute Gasteiger partial charge is 0.387 e. The van der Waals surface area contributed by atoms with E-state index in [-0.39, 0.29) is 47.0 Å². The third kappa shape index (κ3) is 5.89. The van der Waals surface area contributed by atoms with Gasteiger partial charge in [-0.25, -0.2) is 4.98 Å². The highest BCUT2D eigenvalue weighted by molar-refractivity contribution is 5.96. The van der Waals surface area contributed by atoms with Gasteiger partial charge in [0.15, 0.2) is 11.5 Å². The first-order valence-electron chi connectivity index (χ1n) is 11.7. The molecular weight excluding hydrogens is 474 g/mol. The predicted octanol–water partition coefficient (Wildman–Crippen LogP) is 2.62. The summed E-state index contributed by atoms with van der Waals surface area (Å²) in [7, 11) is 0. The van der Waals surface area contributed by atoms with Crippen LogP contribution in [0, 0.1) is 5.92 Å². The highest BCUT2D eigenvalue weighted by Crippen LogP contribution is 2.39. The van der Waals surface area contributed by atoms with E-state index in [1.165, 1.54) is 25.3 Å². The summed E-state index contributed by atoms with van der Waals surface area (Å²) in [5, 5.41) is 0. The van der Waals surface area contributed by atoms with Crippen molar-refractivity contribution in [3.05, 3.63) is 52.8 Å². The Balaban J connectivity index is 1.59. The number of nitrogens with two attached hydrogens (primary N) is 2. The van der Waals surface area contributed by atoms with Crippen LogP contribution in [-0.2, 0) is 11.2 Å². The van der Waals surface area contributed by atoms with E-state index in [4.69, 9.17) is 16.2 Å². The number of pyridine rings is 1. The quantitative estimate of drug-likeness (QED) is 0.512. The van der Waals surface area contributed by atoms with Crippen LogP contribution in [0.1, 0.15) is 64.1 Å². The van der Waals surface area contributed by atoms with E-state index >= 15 is 0 Å². The molecule has 9 nitrogen and oxygen atoms in total. The summed E-state index contributed by atoms with van der Waals surface area (Å²) in [5.41, 5.74) is 12.2. The molecule has 36 heavy (non-hydrogen) atoms. The van der Waals surface area contributed by atoms with Crippen LogP contribution in [-0.4, -0.2) is 53.4 Å². The van der Waals surface area contributed by atoms with Crippen molar-refractivity contribution in [2.75, 3.05) is 13.2 Å². The zero-order chi connectivity index (χ0) is 26.0. The van der Waals surface area contributed by atoms with Crippen molar-refractivity contribution in [2.24, 2.45) is 17.4 Å². The van der Waals surface area contributed by atoms with Crippen molar-refractivity contribution in [1.29, 1.82) is 0 Å². The number of amides is 3. The van der Waals surface area contributed by atoms with Gasteiger partial charge in [0.2, 0.25) is 11.8 Å². The molecule has 2 heterocycles. The highest BCUT2D eigenvalue weighted by Gasteiger charge is 2.36. The Bertz CT molecular complexity index is 1170. The Kier molecular flexibility index (Phi) is 7.37. The van der Waals surface area contributed by atoms with Crippen LogP contribution in [0.15, 0.2) is 30.5 Å². The standard InChI is InChI=1S/C25H28F2N4O5/c1-13(32)31-11-18(8-19(31)7-16-6-17(23(28)33)10-30-22(16)24(29)34)15-4-5-20(36-25(26)27)21(9-15)35-12-14-2-3-14/h4-6,9-10,14,18-19,25H,2-3,7-8,11-12H2,1H3,(H2,28,33)(H2,29,34)/t18-,19+/m1/s1. The maximum absolute atomic E-state index is 12.9. The van der Waals surface area contributed by atoms with E-state index in [0.717, 1.165) is 18.4 Å². The molecule has 2 aromatic rings. The second-order valence-electron chi connectivity index (χ2n) is 9.26. The van der Waals surface area contributed by atoms with E-state index < -0.39 is 18.4 Å². The largest absolute Gasteiger partial charge is 0.489 e. The van der Waals surface area contributed by atoms with E-state index in [2.05, 4.69) is 9.72 Å². The number of primary amides is 2. The topological polar surface area (TPSA) is 138 Å². The van der Waals surface area contributed by atoms with Crippen molar-refractivity contribution in [3.8, 4) is 11.5 Å². The lowest BCUT2D eigenvalue weighted by atomic mass is 9.93. The molecule has 3 amide bonds. The second kappa shape index (κ2) is 10.5. The summed E-state index contributed by atoms with van der Waals surface area (Å²) < 4.78 is 36.2. The molecule has 1 saturated heterocycles. The Morgan fingerprint density at radius 2 is 1.89 bits per heavy atom. The third-order valence-electron chi connectivity index (χ3n) is 6.59. The molecule has 2 aliphatic rings. The van der Waals surface area contributed by atoms with Gasteiger partial charge in [0.1, 0.15) is 5.69 Å². The molecule has 0 bridgehead atoms. The molecule has 1 aliphatic carbocycles. The number of hydrogen-bond acceptors (Lipinski definition) is 6. The fourth-order valence-corrected chi connectivity index (χ4v) is 4.59. The minimum atomic E-state index is -2.98. The van der Waals surface area contributed by atoms with Crippen molar-refractivity contribution in [1.82, 2.24) is 9.88 Å². The number of likely N-dealkylation sites (tertiary alicyclic amines) is 1. The number of rotatable bonds is 10. The molecular formula is C25H28F2N4O5. The minimum absolute atomic E-state index is 0.0104. The zero-order valence-corrected chi connectivity index (χ0v) is 19.8. The predicted molar refractivity (Wildman–Crippen MR) is 125 cm³/mol. The molecule has 11 heteroatoms. The molecule has 2 atom stereocenters. The molecule has 192 valence electrons. The van der Waals surface area contributed by atoms with Crippen LogP contribution >= 0.6 is 0 Å². The fourth-order valence-electron chi connectivity index (χ4n) is 4.59. The van der Waals surface area contributed by atoms with Crippen LogP contribution in [0.4, 0.5) is 8.78 Å². The second-order valence-corrected chi connectivity index (χ2v) is 9.26. The Hall–Kier alpha value is -3.76. The summed E-state index contributed by atoms with van der Waals surface area (Å²) >= 11 is 0. The summed E-state index contributed by atoms with van der Waals surface area (Å²) in [6.45, 7) is -0.722. The molecule has 0 unspecified atom stereocenters. The molecule has 4 N–H and O–H groups in total. The van der Waals surface area contributed by atoms with Gasteiger partial charge in [0, 0.05) is 31.6 Å². The summed E-state index contributed by atoms with van der Waals surface area (Å²) in [5.74, 6) is -1.10. The van der Waals surface area contributed by atoms with Crippen LogP contribution in [0.3, 0.4) is 0 Å². The molecule has 1 aliphatic heterocycles. The van der Waals surface area contributed by atoms with Gasteiger partial charge in [0.05, 0.1) is 12.2 Å².